The molecule has 0 aliphatic heterocycles. The fraction of sp³-hybridized carbons (Fsp3) is 0.867. The lowest BCUT2D eigenvalue weighted by Crippen LogP contribution is -2.37. The van der Waals surface area contributed by atoms with Gasteiger partial charge in [-0.3, -0.25) is 0 Å². The highest BCUT2D eigenvalue weighted by Crippen LogP contribution is 2.14. The zero-order chi connectivity index (χ0) is 13.7. The van der Waals surface area contributed by atoms with Gasteiger partial charge in [-0.25, -0.2) is 0 Å². The summed E-state index contributed by atoms with van der Waals surface area (Å²) >= 11 is 0. The molecule has 0 aromatic heterocycles. The molecule has 0 N–H and O–H groups in total. The first kappa shape index (κ1) is 17.9. The fourth-order valence-corrected chi connectivity index (χ4v) is 3.89. The van der Waals surface area contributed by atoms with Gasteiger partial charge in [-0.2, -0.15) is 0 Å². The molecule has 0 aromatic rings. The largest absolute Gasteiger partial charge is 0.395 e. The second kappa shape index (κ2) is 11.9. The van der Waals surface area contributed by atoms with Gasteiger partial charge in [0.15, 0.2) is 0 Å². The summed E-state index contributed by atoms with van der Waals surface area (Å²) in [7, 11) is 1.54. The van der Waals surface area contributed by atoms with E-state index < -0.39 is 8.56 Å². The molecule has 0 amide bonds. The Bertz CT molecular complexity index is 192. The van der Waals surface area contributed by atoms with Gasteiger partial charge in [0.05, 0.1) is 0 Å². The van der Waals surface area contributed by atoms with Crippen molar-refractivity contribution in [3.8, 4) is 0 Å². The molecule has 0 fully saturated rings. The zero-order valence-electron chi connectivity index (χ0n) is 12.8. The van der Waals surface area contributed by atoms with E-state index >= 15 is 0 Å². The van der Waals surface area contributed by atoms with E-state index in [2.05, 4.69) is 25.6 Å². The van der Waals surface area contributed by atoms with E-state index in [-0.39, 0.29) is 0 Å². The molecular formula is C15H32O2Si. The maximum Gasteiger partial charge on any atom is 0.363 e. The number of allylic oxidation sites excluding steroid dienone is 1. The van der Waals surface area contributed by atoms with Crippen LogP contribution in [0.5, 0.6) is 0 Å². The van der Waals surface area contributed by atoms with E-state index in [0.29, 0.717) is 0 Å². The Balaban J connectivity index is 3.58. The van der Waals surface area contributed by atoms with Crippen LogP contribution in [0.4, 0.5) is 0 Å². The molecule has 0 aromatic carbocycles. The Morgan fingerprint density at radius 2 is 1.39 bits per heavy atom. The van der Waals surface area contributed by atoms with Crippen LogP contribution >= 0.6 is 0 Å². The first-order chi connectivity index (χ1) is 8.74. The Morgan fingerprint density at radius 1 is 0.833 bits per heavy atom. The zero-order valence-corrected chi connectivity index (χ0v) is 13.8. The van der Waals surface area contributed by atoms with Crippen LogP contribution in [0.25, 0.3) is 0 Å². The maximum absolute atomic E-state index is 5.54. The summed E-state index contributed by atoms with van der Waals surface area (Å²) in [6.45, 7) is 4.40. The predicted octanol–water partition coefficient (Wildman–Crippen LogP) is 4.98. The number of hydrogen-bond donors (Lipinski definition) is 0. The van der Waals surface area contributed by atoms with Crippen LogP contribution in [0, 0.1) is 0 Å². The minimum absolute atomic E-state index is 0.980. The van der Waals surface area contributed by atoms with Crippen molar-refractivity contribution < 1.29 is 8.85 Å². The van der Waals surface area contributed by atoms with Crippen LogP contribution in [-0.4, -0.2) is 22.8 Å². The predicted molar refractivity (Wildman–Crippen MR) is 82.0 cm³/mol. The number of unbranched alkanes of at least 4 members (excludes halogenated alkanes) is 7. The summed E-state index contributed by atoms with van der Waals surface area (Å²) in [5.74, 6) is 0. The highest BCUT2D eigenvalue weighted by molar-refractivity contribution is 6.72. The molecule has 0 aliphatic carbocycles. The molecule has 108 valence electrons. The summed E-state index contributed by atoms with van der Waals surface area (Å²) < 4.78 is 11.1. The van der Waals surface area contributed by atoms with E-state index in [4.69, 9.17) is 8.85 Å². The van der Waals surface area contributed by atoms with E-state index in [0.717, 1.165) is 12.5 Å². The van der Waals surface area contributed by atoms with Gasteiger partial charge >= 0.3 is 8.56 Å². The second-order valence-electron chi connectivity index (χ2n) is 4.89. The molecule has 0 rings (SSSR count). The third-order valence-electron chi connectivity index (χ3n) is 3.53. The molecule has 0 saturated carbocycles. The average Bonchev–Trinajstić information content (AvgIpc) is 2.42. The molecule has 3 heteroatoms. The van der Waals surface area contributed by atoms with Crippen LogP contribution in [-0.2, 0) is 8.85 Å². The maximum atomic E-state index is 5.54. The molecule has 0 atom stereocenters. The molecule has 0 bridgehead atoms. The van der Waals surface area contributed by atoms with Gasteiger partial charge in [-0.1, -0.05) is 58.4 Å². The van der Waals surface area contributed by atoms with Gasteiger partial charge in [0.25, 0.3) is 0 Å². The van der Waals surface area contributed by atoms with Crippen molar-refractivity contribution >= 4 is 8.56 Å². The van der Waals surface area contributed by atoms with Gasteiger partial charge in [0, 0.05) is 14.2 Å². The molecule has 0 unspecified atom stereocenters. The SMILES string of the molecule is CCCCCCCCCC=C[Si](CC)(OC)OC. The van der Waals surface area contributed by atoms with Crippen molar-refractivity contribution in [2.45, 2.75) is 71.3 Å². The molecule has 0 heterocycles. The molecule has 0 spiro atoms. The Hall–Kier alpha value is -0.123. The van der Waals surface area contributed by atoms with E-state index in [9.17, 15) is 0 Å². The van der Waals surface area contributed by atoms with Crippen LogP contribution < -0.4 is 0 Å². The van der Waals surface area contributed by atoms with Crippen LogP contribution in [0.1, 0.15) is 65.2 Å². The van der Waals surface area contributed by atoms with E-state index in [1.165, 1.54) is 44.9 Å². The fourth-order valence-electron chi connectivity index (χ4n) is 2.11. The summed E-state index contributed by atoms with van der Waals surface area (Å²) in [6, 6.07) is 0.980. The Morgan fingerprint density at radius 3 is 1.89 bits per heavy atom. The first-order valence-corrected chi connectivity index (χ1v) is 9.62. The van der Waals surface area contributed by atoms with Crippen molar-refractivity contribution in [1.82, 2.24) is 0 Å². The van der Waals surface area contributed by atoms with Gasteiger partial charge in [-0.05, 0) is 24.6 Å². The van der Waals surface area contributed by atoms with Crippen molar-refractivity contribution in [1.29, 1.82) is 0 Å². The van der Waals surface area contributed by atoms with Gasteiger partial charge in [-0.15, -0.1) is 0 Å². The normalized spacial score (nSPS) is 12.4. The lowest BCUT2D eigenvalue weighted by atomic mass is 10.1. The highest BCUT2D eigenvalue weighted by atomic mass is 28.4. The third-order valence-corrected chi connectivity index (χ3v) is 6.64. The summed E-state index contributed by atoms with van der Waals surface area (Å²) in [4.78, 5) is 0. The quantitative estimate of drug-likeness (QED) is 0.368. The first-order valence-electron chi connectivity index (χ1n) is 7.52. The Kier molecular flexibility index (Phi) is 11.9. The van der Waals surface area contributed by atoms with Crippen molar-refractivity contribution in [2.24, 2.45) is 0 Å². The summed E-state index contributed by atoms with van der Waals surface area (Å²) in [6.07, 6.45) is 13.0. The molecular weight excluding hydrogens is 240 g/mol. The lowest BCUT2D eigenvalue weighted by Gasteiger charge is -2.21. The number of rotatable bonds is 12. The summed E-state index contributed by atoms with van der Waals surface area (Å²) in [5.41, 5.74) is 2.20. The smallest absolute Gasteiger partial charge is 0.363 e. The van der Waals surface area contributed by atoms with Crippen LogP contribution in [0.15, 0.2) is 11.8 Å². The van der Waals surface area contributed by atoms with Crippen molar-refractivity contribution in [2.75, 3.05) is 14.2 Å². The van der Waals surface area contributed by atoms with Crippen molar-refractivity contribution in [3.63, 3.8) is 0 Å². The molecule has 0 aliphatic rings. The van der Waals surface area contributed by atoms with Crippen LogP contribution in [0.3, 0.4) is 0 Å². The molecule has 0 saturated heterocycles. The van der Waals surface area contributed by atoms with Crippen molar-refractivity contribution in [3.05, 3.63) is 11.8 Å². The molecule has 0 radical (unpaired) electrons. The van der Waals surface area contributed by atoms with Gasteiger partial charge < -0.3 is 8.85 Å². The lowest BCUT2D eigenvalue weighted by molar-refractivity contribution is 0.257. The standard InChI is InChI=1S/C15H32O2Si/c1-5-7-8-9-10-11-12-13-14-15-18(6-2,16-3)17-4/h14-15H,5-13H2,1-4H3. The number of hydrogen-bond acceptors (Lipinski definition) is 2. The van der Waals surface area contributed by atoms with Gasteiger partial charge in [0.2, 0.25) is 0 Å². The van der Waals surface area contributed by atoms with E-state index in [1.807, 2.05) is 0 Å². The molecule has 2 nitrogen and oxygen atoms in total. The van der Waals surface area contributed by atoms with Crippen LogP contribution in [0.2, 0.25) is 6.04 Å². The van der Waals surface area contributed by atoms with E-state index in [1.54, 1.807) is 14.2 Å². The van der Waals surface area contributed by atoms with Gasteiger partial charge in [0.1, 0.15) is 0 Å². The third kappa shape index (κ3) is 8.06. The highest BCUT2D eigenvalue weighted by Gasteiger charge is 2.29. The minimum Gasteiger partial charge on any atom is -0.395 e. The monoisotopic (exact) mass is 272 g/mol. The minimum atomic E-state index is -1.98. The Labute approximate surface area is 115 Å². The second-order valence-corrected chi connectivity index (χ2v) is 8.37. The topological polar surface area (TPSA) is 18.5 Å². The summed E-state index contributed by atoms with van der Waals surface area (Å²) in [5, 5.41) is 0. The average molecular weight is 273 g/mol. The molecule has 18 heavy (non-hydrogen) atoms.